The Morgan fingerprint density at radius 2 is 1.96 bits per heavy atom. The van der Waals surface area contributed by atoms with Crippen molar-refractivity contribution in [3.63, 3.8) is 0 Å². The number of carbonyl (C=O) groups excluding carboxylic acids is 1. The van der Waals surface area contributed by atoms with Gasteiger partial charge in [0.05, 0.1) is 18.4 Å². The van der Waals surface area contributed by atoms with E-state index in [2.05, 4.69) is 15.1 Å². The summed E-state index contributed by atoms with van der Waals surface area (Å²) in [7, 11) is 3.59. The number of likely N-dealkylation sites (tertiary alicyclic amines) is 1. The molecule has 6 nitrogen and oxygen atoms in total. The molecule has 1 aromatic carbocycles. The Bertz CT molecular complexity index is 836. The first-order chi connectivity index (χ1) is 13.7. The van der Waals surface area contributed by atoms with Gasteiger partial charge in [0.1, 0.15) is 5.75 Å². The van der Waals surface area contributed by atoms with E-state index in [9.17, 15) is 4.79 Å². The van der Waals surface area contributed by atoms with Crippen molar-refractivity contribution in [1.29, 1.82) is 0 Å². The van der Waals surface area contributed by atoms with Crippen LogP contribution in [0.2, 0.25) is 0 Å². The summed E-state index contributed by atoms with van der Waals surface area (Å²) in [4.78, 5) is 15.1. The Hall–Kier alpha value is -2.02. The molecule has 150 valence electrons. The maximum absolute atomic E-state index is 12.9. The van der Waals surface area contributed by atoms with Gasteiger partial charge in [0.2, 0.25) is 5.91 Å². The number of ether oxygens (including phenoxy) is 1. The molecule has 2 heterocycles. The minimum atomic E-state index is 0.239. The first-order valence-electron chi connectivity index (χ1n) is 10.1. The van der Waals surface area contributed by atoms with Crippen LogP contribution in [0.25, 0.3) is 11.4 Å². The van der Waals surface area contributed by atoms with Gasteiger partial charge in [-0.15, -0.1) is 10.2 Å². The van der Waals surface area contributed by atoms with Crippen molar-refractivity contribution in [2.24, 2.45) is 13.0 Å². The second-order valence-electron chi connectivity index (χ2n) is 7.70. The summed E-state index contributed by atoms with van der Waals surface area (Å²) in [6, 6.07) is 8.24. The first kappa shape index (κ1) is 19.3. The predicted octanol–water partition coefficient (Wildman–Crippen LogP) is 3.76. The highest BCUT2D eigenvalue weighted by atomic mass is 32.2. The lowest BCUT2D eigenvalue weighted by atomic mass is 9.78. The average Bonchev–Trinajstić information content (AvgIpc) is 3.11. The van der Waals surface area contributed by atoms with Crippen LogP contribution in [-0.4, -0.2) is 51.0 Å². The normalized spacial score (nSPS) is 22.0. The minimum Gasteiger partial charge on any atom is -0.496 e. The maximum Gasteiger partial charge on any atom is 0.233 e. The summed E-state index contributed by atoms with van der Waals surface area (Å²) < 4.78 is 7.38. The fourth-order valence-corrected chi connectivity index (χ4v) is 5.45. The number of piperidine rings is 1. The van der Waals surface area contributed by atoms with E-state index in [1.165, 1.54) is 43.9 Å². The van der Waals surface area contributed by atoms with Gasteiger partial charge in [0.15, 0.2) is 11.0 Å². The topological polar surface area (TPSA) is 60.3 Å². The molecular weight excluding hydrogens is 372 g/mol. The Kier molecular flexibility index (Phi) is 5.90. The zero-order valence-corrected chi connectivity index (χ0v) is 17.5. The van der Waals surface area contributed by atoms with Crippen molar-refractivity contribution in [2.75, 3.05) is 19.4 Å². The number of amides is 1. The van der Waals surface area contributed by atoms with Gasteiger partial charge in [-0.25, -0.2) is 0 Å². The SMILES string of the molecule is COc1ccccc1-c1nnc(SCC(=O)N2CCC[C@H]3CCCC[C@H]32)n1C. The van der Waals surface area contributed by atoms with E-state index in [0.29, 0.717) is 17.7 Å². The molecule has 2 atom stereocenters. The molecular formula is C21H28N4O2S. The molecule has 4 rings (SSSR count). The fraction of sp³-hybridized carbons (Fsp3) is 0.571. The predicted molar refractivity (Wildman–Crippen MR) is 110 cm³/mol. The Morgan fingerprint density at radius 1 is 1.18 bits per heavy atom. The van der Waals surface area contributed by atoms with Crippen molar-refractivity contribution in [3.05, 3.63) is 24.3 Å². The van der Waals surface area contributed by atoms with E-state index in [-0.39, 0.29) is 5.91 Å². The molecule has 0 N–H and O–H groups in total. The number of thioether (sulfide) groups is 1. The van der Waals surface area contributed by atoms with Gasteiger partial charge >= 0.3 is 0 Å². The Balaban J connectivity index is 1.44. The van der Waals surface area contributed by atoms with Crippen molar-refractivity contribution < 1.29 is 9.53 Å². The Labute approximate surface area is 170 Å². The quantitative estimate of drug-likeness (QED) is 0.715. The number of carbonyl (C=O) groups is 1. The molecule has 2 fully saturated rings. The number of fused-ring (bicyclic) bond motifs is 1. The third kappa shape index (κ3) is 3.77. The third-order valence-corrected chi connectivity index (χ3v) is 7.08. The molecule has 2 aliphatic rings. The standard InChI is InChI=1S/C21H28N4O2S/c1-24-20(16-10-4-6-12-18(16)27-2)22-23-21(24)28-14-19(26)25-13-7-9-15-8-3-5-11-17(15)25/h4,6,10,12,15,17H,3,5,7-9,11,13-14H2,1-2H3/t15-,17-/m1/s1. The molecule has 1 aliphatic heterocycles. The highest BCUT2D eigenvalue weighted by Gasteiger charge is 2.35. The van der Waals surface area contributed by atoms with Crippen LogP contribution in [0.3, 0.4) is 0 Å². The molecule has 28 heavy (non-hydrogen) atoms. The van der Waals surface area contributed by atoms with Crippen molar-refractivity contribution in [1.82, 2.24) is 19.7 Å². The minimum absolute atomic E-state index is 0.239. The summed E-state index contributed by atoms with van der Waals surface area (Å²) in [6.45, 7) is 0.909. The summed E-state index contributed by atoms with van der Waals surface area (Å²) in [6.07, 6.45) is 7.45. The lowest BCUT2D eigenvalue weighted by Crippen LogP contribution is -2.50. The summed E-state index contributed by atoms with van der Waals surface area (Å²) in [5.41, 5.74) is 0.902. The van der Waals surface area contributed by atoms with Gasteiger partial charge in [-0.1, -0.05) is 36.7 Å². The number of benzene rings is 1. The molecule has 0 bridgehead atoms. The van der Waals surface area contributed by atoms with Crippen molar-refractivity contribution in [3.8, 4) is 17.1 Å². The molecule has 0 spiro atoms. The van der Waals surface area contributed by atoms with Crippen LogP contribution in [0, 0.1) is 5.92 Å². The molecule has 0 radical (unpaired) electrons. The van der Waals surface area contributed by atoms with Gasteiger partial charge in [0, 0.05) is 19.6 Å². The zero-order valence-electron chi connectivity index (χ0n) is 16.6. The second-order valence-corrected chi connectivity index (χ2v) is 8.64. The molecule has 1 saturated heterocycles. The number of para-hydroxylation sites is 1. The zero-order chi connectivity index (χ0) is 19.5. The largest absolute Gasteiger partial charge is 0.496 e. The molecule has 1 aliphatic carbocycles. The summed E-state index contributed by atoms with van der Waals surface area (Å²) in [5.74, 6) is 2.88. The highest BCUT2D eigenvalue weighted by Crippen LogP contribution is 2.36. The number of aromatic nitrogens is 3. The monoisotopic (exact) mass is 400 g/mol. The first-order valence-corrected chi connectivity index (χ1v) is 11.1. The smallest absolute Gasteiger partial charge is 0.233 e. The molecule has 1 aromatic heterocycles. The van der Waals surface area contributed by atoms with Gasteiger partial charge in [0.25, 0.3) is 0 Å². The van der Waals surface area contributed by atoms with E-state index in [0.717, 1.165) is 35.3 Å². The average molecular weight is 401 g/mol. The van der Waals surface area contributed by atoms with Crippen LogP contribution in [0.5, 0.6) is 5.75 Å². The second kappa shape index (κ2) is 8.55. The highest BCUT2D eigenvalue weighted by molar-refractivity contribution is 7.99. The van der Waals surface area contributed by atoms with E-state index >= 15 is 0 Å². The lowest BCUT2D eigenvalue weighted by Gasteiger charge is -2.44. The van der Waals surface area contributed by atoms with Crippen LogP contribution in [0.4, 0.5) is 0 Å². The van der Waals surface area contributed by atoms with Crippen LogP contribution >= 0.6 is 11.8 Å². The molecule has 1 amide bonds. The number of rotatable bonds is 5. The van der Waals surface area contributed by atoms with Gasteiger partial charge in [-0.3, -0.25) is 4.79 Å². The maximum atomic E-state index is 12.9. The van der Waals surface area contributed by atoms with Crippen molar-refractivity contribution >= 4 is 17.7 Å². The van der Waals surface area contributed by atoms with Gasteiger partial charge in [-0.2, -0.15) is 0 Å². The molecule has 7 heteroatoms. The molecule has 0 unspecified atom stereocenters. The fourth-order valence-electron chi connectivity index (χ4n) is 4.65. The lowest BCUT2D eigenvalue weighted by molar-refractivity contribution is -0.134. The Morgan fingerprint density at radius 3 is 2.82 bits per heavy atom. The van der Waals surface area contributed by atoms with Crippen LogP contribution in [0.15, 0.2) is 29.4 Å². The van der Waals surface area contributed by atoms with Gasteiger partial charge < -0.3 is 14.2 Å². The summed E-state index contributed by atoms with van der Waals surface area (Å²) >= 11 is 1.47. The van der Waals surface area contributed by atoms with Crippen LogP contribution in [0.1, 0.15) is 38.5 Å². The van der Waals surface area contributed by atoms with Crippen LogP contribution in [-0.2, 0) is 11.8 Å². The van der Waals surface area contributed by atoms with E-state index in [1.54, 1.807) is 7.11 Å². The van der Waals surface area contributed by atoms with E-state index in [1.807, 2.05) is 35.9 Å². The number of hydrogen-bond donors (Lipinski definition) is 0. The number of nitrogens with zero attached hydrogens (tertiary/aromatic N) is 4. The van der Waals surface area contributed by atoms with E-state index in [4.69, 9.17) is 4.74 Å². The number of methoxy groups -OCH3 is 1. The van der Waals surface area contributed by atoms with E-state index < -0.39 is 0 Å². The number of hydrogen-bond acceptors (Lipinski definition) is 5. The van der Waals surface area contributed by atoms with Gasteiger partial charge in [-0.05, 0) is 43.7 Å². The van der Waals surface area contributed by atoms with Crippen molar-refractivity contribution in [2.45, 2.75) is 49.7 Å². The van der Waals surface area contributed by atoms with Crippen LogP contribution < -0.4 is 4.74 Å². The third-order valence-electron chi connectivity index (χ3n) is 6.07. The molecule has 1 saturated carbocycles. The molecule has 2 aromatic rings. The summed E-state index contributed by atoms with van der Waals surface area (Å²) in [5, 5.41) is 9.41.